The first kappa shape index (κ1) is 27.8. The number of nitrogens with zero attached hydrogens (tertiary/aromatic N) is 3. The van der Waals surface area contributed by atoms with Gasteiger partial charge in [-0.3, -0.25) is 19.3 Å². The first-order valence-corrected chi connectivity index (χ1v) is 14.1. The van der Waals surface area contributed by atoms with Gasteiger partial charge in [0.1, 0.15) is 19.3 Å². The summed E-state index contributed by atoms with van der Waals surface area (Å²) < 4.78 is 52.1. The van der Waals surface area contributed by atoms with Crippen molar-refractivity contribution >= 4 is 23.4 Å². The second-order valence-electron chi connectivity index (χ2n) is 10.2. The Morgan fingerprint density at radius 2 is 1.98 bits per heavy atom. The first-order valence-electron chi connectivity index (χ1n) is 13.3. The fourth-order valence-corrected chi connectivity index (χ4v) is 6.65. The molecule has 0 saturated heterocycles. The summed E-state index contributed by atoms with van der Waals surface area (Å²) in [5.41, 5.74) is -1.06. The highest BCUT2D eigenvalue weighted by Crippen LogP contribution is 2.45. The lowest BCUT2D eigenvalue weighted by atomic mass is 9.74. The minimum Gasteiger partial charge on any atom is -0.486 e. The van der Waals surface area contributed by atoms with Crippen LogP contribution in [0.3, 0.4) is 0 Å². The van der Waals surface area contributed by atoms with Crippen molar-refractivity contribution in [2.24, 2.45) is 0 Å². The Hall–Kier alpha value is -4.39. The Bertz CT molecular complexity index is 1650. The van der Waals surface area contributed by atoms with Crippen molar-refractivity contribution < 1.29 is 37.3 Å². The fourth-order valence-electron chi connectivity index (χ4n) is 5.64. The van der Waals surface area contributed by atoms with Crippen LogP contribution in [0.15, 0.2) is 53.5 Å². The largest absolute Gasteiger partial charge is 0.510 e. The fraction of sp³-hybridized carbons (Fsp3) is 0.345. The lowest BCUT2D eigenvalue weighted by Gasteiger charge is -2.53. The first-order chi connectivity index (χ1) is 20.2. The van der Waals surface area contributed by atoms with Crippen LogP contribution in [0.1, 0.15) is 51.1 Å². The van der Waals surface area contributed by atoms with Gasteiger partial charge in [0.15, 0.2) is 17.3 Å². The van der Waals surface area contributed by atoms with E-state index in [1.54, 1.807) is 16.0 Å². The summed E-state index contributed by atoms with van der Waals surface area (Å²) in [5, 5.41) is 1.80. The normalized spacial score (nSPS) is 19.5. The summed E-state index contributed by atoms with van der Waals surface area (Å²) in [4.78, 5) is 42.3. The number of amides is 1. The molecule has 2 bridgehead atoms. The molecule has 13 heteroatoms. The maximum atomic E-state index is 15.4. The van der Waals surface area contributed by atoms with Crippen LogP contribution >= 0.6 is 11.3 Å². The number of hydrogen-bond donors (Lipinski definition) is 0. The number of methoxy groups -OCH3 is 1. The predicted molar refractivity (Wildman–Crippen MR) is 147 cm³/mol. The lowest BCUT2D eigenvalue weighted by molar-refractivity contribution is 0.0110. The number of ether oxygens (including phenoxy) is 4. The van der Waals surface area contributed by atoms with Crippen LogP contribution in [0.2, 0.25) is 0 Å². The van der Waals surface area contributed by atoms with Gasteiger partial charge in [-0.2, -0.15) is 4.39 Å². The smallest absolute Gasteiger partial charge is 0.486 e. The molecule has 6 rings (SSSR count). The van der Waals surface area contributed by atoms with E-state index < -0.39 is 47.5 Å². The molecule has 1 fully saturated rings. The number of pyridine rings is 1. The van der Waals surface area contributed by atoms with Crippen molar-refractivity contribution in [2.45, 2.75) is 37.8 Å². The Labute approximate surface area is 243 Å². The van der Waals surface area contributed by atoms with Crippen molar-refractivity contribution in [3.63, 3.8) is 0 Å². The van der Waals surface area contributed by atoms with Gasteiger partial charge >= 0.3 is 6.16 Å². The molecule has 1 saturated carbocycles. The zero-order valence-electron chi connectivity index (χ0n) is 22.8. The van der Waals surface area contributed by atoms with E-state index in [2.05, 4.69) is 4.74 Å². The molecule has 3 aromatic rings. The zero-order valence-corrected chi connectivity index (χ0v) is 23.6. The second-order valence-corrected chi connectivity index (χ2v) is 11.5. The van der Waals surface area contributed by atoms with E-state index >= 15 is 4.39 Å². The minimum atomic E-state index is -1.12. The van der Waals surface area contributed by atoms with Gasteiger partial charge < -0.3 is 23.8 Å². The Morgan fingerprint density at radius 1 is 1.17 bits per heavy atom. The molecule has 2 aliphatic heterocycles. The molecule has 3 aliphatic rings. The third kappa shape index (κ3) is 4.57. The van der Waals surface area contributed by atoms with Gasteiger partial charge in [0.25, 0.3) is 5.91 Å². The number of carbonyl (C=O) groups is 2. The van der Waals surface area contributed by atoms with Crippen LogP contribution in [0.5, 0.6) is 11.5 Å². The highest BCUT2D eigenvalue weighted by atomic mass is 32.1. The summed E-state index contributed by atoms with van der Waals surface area (Å²) in [7, 11) is 1.13. The molecular formula is C29H27F2N3O7S. The molecule has 1 aromatic carbocycles. The molecule has 2 aromatic heterocycles. The lowest BCUT2D eigenvalue weighted by Crippen LogP contribution is -2.64. The molecule has 1 atom stereocenters. The van der Waals surface area contributed by atoms with Gasteiger partial charge in [0.2, 0.25) is 23.8 Å². The van der Waals surface area contributed by atoms with Crippen LogP contribution in [0, 0.1) is 18.6 Å². The monoisotopic (exact) mass is 599 g/mol. The van der Waals surface area contributed by atoms with E-state index in [-0.39, 0.29) is 30.5 Å². The SMILES string of the molecule is COC(=O)OCOc1c2n(ccc1=O)N1CN(C2=O)C2(/C=C/COc3c(ccc(F)c3F)C1c1ccc(C)s1)CCC2. The number of hydrogen-bond acceptors (Lipinski definition) is 9. The Morgan fingerprint density at radius 3 is 2.67 bits per heavy atom. The van der Waals surface area contributed by atoms with Crippen LogP contribution in [-0.4, -0.2) is 54.4 Å². The van der Waals surface area contributed by atoms with E-state index in [0.717, 1.165) is 29.4 Å². The second kappa shape index (κ2) is 10.8. The number of benzene rings is 1. The van der Waals surface area contributed by atoms with Gasteiger partial charge in [0, 0.05) is 27.6 Å². The van der Waals surface area contributed by atoms with Crippen molar-refractivity contribution in [1.29, 1.82) is 0 Å². The van der Waals surface area contributed by atoms with E-state index in [9.17, 15) is 18.8 Å². The Kier molecular flexibility index (Phi) is 7.13. The highest BCUT2D eigenvalue weighted by molar-refractivity contribution is 7.12. The van der Waals surface area contributed by atoms with Crippen molar-refractivity contribution in [3.8, 4) is 11.5 Å². The predicted octanol–water partition coefficient (Wildman–Crippen LogP) is 4.63. The van der Waals surface area contributed by atoms with Crippen LogP contribution in [0.25, 0.3) is 0 Å². The molecule has 1 spiro atoms. The average molecular weight is 600 g/mol. The molecule has 0 N–H and O–H groups in total. The van der Waals surface area contributed by atoms with Crippen LogP contribution < -0.4 is 19.9 Å². The average Bonchev–Trinajstić information content (AvgIpc) is 3.37. The van der Waals surface area contributed by atoms with Crippen molar-refractivity contribution in [1.82, 2.24) is 9.58 Å². The molecule has 1 amide bonds. The maximum absolute atomic E-state index is 15.4. The Balaban J connectivity index is 1.60. The van der Waals surface area contributed by atoms with Crippen molar-refractivity contribution in [3.05, 3.63) is 91.6 Å². The number of carbonyl (C=O) groups excluding carboxylic acids is 2. The minimum absolute atomic E-state index is 0.0443. The van der Waals surface area contributed by atoms with Gasteiger partial charge in [-0.25, -0.2) is 9.18 Å². The quantitative estimate of drug-likeness (QED) is 0.243. The topological polar surface area (TPSA) is 99.5 Å². The molecule has 1 unspecified atom stereocenters. The zero-order chi connectivity index (χ0) is 29.6. The summed E-state index contributed by atoms with van der Waals surface area (Å²) in [6, 6.07) is 6.78. The highest BCUT2D eigenvalue weighted by Gasteiger charge is 2.49. The van der Waals surface area contributed by atoms with E-state index in [4.69, 9.17) is 14.2 Å². The van der Waals surface area contributed by atoms with Gasteiger partial charge in [-0.15, -0.1) is 11.3 Å². The standard InChI is InChI=1S/C29H27F2N3O7S/c1-17-5-8-21(42-17)23-18-6-7-19(30)22(31)25(18)39-14-4-12-29(10-3-11-29)32-15-34(23)33-13-9-20(35)26(24(33)27(32)36)40-16-41-28(37)38-2/h4-9,12-13,23H,3,10-11,14-16H2,1-2H3/b12-4+. The number of aryl methyl sites for hydroxylation is 1. The number of halogens is 2. The summed E-state index contributed by atoms with van der Waals surface area (Å²) in [6.07, 6.45) is 6.15. The van der Waals surface area contributed by atoms with E-state index in [0.29, 0.717) is 18.4 Å². The van der Waals surface area contributed by atoms with Crippen molar-refractivity contribution in [2.75, 3.05) is 32.2 Å². The molecular weight excluding hydrogens is 572 g/mol. The molecule has 10 nitrogen and oxygen atoms in total. The third-order valence-corrected chi connectivity index (χ3v) is 8.86. The van der Waals surface area contributed by atoms with Gasteiger partial charge in [-0.1, -0.05) is 6.08 Å². The van der Waals surface area contributed by atoms with Crippen LogP contribution in [-0.2, 0) is 9.47 Å². The number of fused-ring (bicyclic) bond motifs is 6. The molecule has 0 radical (unpaired) electrons. The molecule has 220 valence electrons. The number of rotatable bonds is 4. The van der Waals surface area contributed by atoms with Crippen LogP contribution in [0.4, 0.5) is 13.6 Å². The van der Waals surface area contributed by atoms with E-state index in [1.165, 1.54) is 34.3 Å². The van der Waals surface area contributed by atoms with Gasteiger partial charge in [0.05, 0.1) is 12.6 Å². The number of aromatic nitrogens is 1. The van der Waals surface area contributed by atoms with E-state index in [1.807, 2.05) is 25.1 Å². The molecule has 1 aliphatic carbocycles. The van der Waals surface area contributed by atoms with Gasteiger partial charge in [-0.05, 0) is 56.5 Å². The summed E-state index contributed by atoms with van der Waals surface area (Å²) in [6.45, 7) is 1.26. The summed E-state index contributed by atoms with van der Waals surface area (Å²) in [5.74, 6) is -3.20. The maximum Gasteiger partial charge on any atom is 0.510 e. The molecule has 4 heterocycles. The number of thiophene rings is 1. The third-order valence-electron chi connectivity index (χ3n) is 7.81. The summed E-state index contributed by atoms with van der Waals surface area (Å²) >= 11 is 1.46. The molecule has 42 heavy (non-hydrogen) atoms.